The molecule has 3 N–H and O–H groups in total. The molecule has 182 valence electrons. The molecule has 3 aromatic rings. The molecule has 0 saturated heterocycles. The molecule has 11 nitrogen and oxygen atoms in total. The minimum Gasteiger partial charge on any atom is -0.478 e. The summed E-state index contributed by atoms with van der Waals surface area (Å²) in [5.74, 6) is 0.422. The van der Waals surface area contributed by atoms with Crippen LogP contribution in [0.2, 0.25) is 0 Å². The van der Waals surface area contributed by atoms with Crippen LogP contribution in [0.4, 0.5) is 10.6 Å². The summed E-state index contributed by atoms with van der Waals surface area (Å²) < 4.78 is 6.90. The minimum atomic E-state index is -0.972. The lowest BCUT2D eigenvalue weighted by atomic mass is 10.1. The van der Waals surface area contributed by atoms with Crippen LogP contribution < -0.4 is 10.6 Å². The van der Waals surface area contributed by atoms with Crippen LogP contribution in [0.1, 0.15) is 50.0 Å². The van der Waals surface area contributed by atoms with Gasteiger partial charge in [-0.1, -0.05) is 36.0 Å². The van der Waals surface area contributed by atoms with Gasteiger partial charge in [0.1, 0.15) is 5.60 Å². The quantitative estimate of drug-likeness (QED) is 0.221. The third-order valence-electron chi connectivity index (χ3n) is 4.40. The van der Waals surface area contributed by atoms with E-state index in [2.05, 4.69) is 37.8 Å². The van der Waals surface area contributed by atoms with Crippen LogP contribution in [0.5, 0.6) is 0 Å². The molecule has 0 aliphatic carbocycles. The smallest absolute Gasteiger partial charge is 0.407 e. The largest absolute Gasteiger partial charge is 0.478 e. The van der Waals surface area contributed by atoms with Gasteiger partial charge in [-0.15, -0.1) is 5.10 Å². The zero-order valence-electron chi connectivity index (χ0n) is 19.7. The monoisotopic (exact) mass is 487 g/mol. The van der Waals surface area contributed by atoms with Gasteiger partial charge in [-0.05, 0) is 44.9 Å². The number of nitrogens with zero attached hydrogens (tertiary/aromatic N) is 5. The molecular weight excluding hydrogens is 458 g/mol. The number of fused-ring (bicyclic) bond motifs is 1. The molecule has 3 rings (SSSR count). The van der Waals surface area contributed by atoms with Crippen molar-refractivity contribution < 1.29 is 19.4 Å². The second-order valence-corrected chi connectivity index (χ2v) is 9.54. The van der Waals surface area contributed by atoms with Gasteiger partial charge in [-0.3, -0.25) is 0 Å². The van der Waals surface area contributed by atoms with E-state index in [0.717, 1.165) is 17.7 Å². The van der Waals surface area contributed by atoms with Gasteiger partial charge in [0.05, 0.1) is 12.1 Å². The maximum atomic E-state index is 11.8. The van der Waals surface area contributed by atoms with E-state index in [1.807, 2.05) is 20.8 Å². The van der Waals surface area contributed by atoms with Crippen LogP contribution >= 0.6 is 11.8 Å². The van der Waals surface area contributed by atoms with Crippen molar-refractivity contribution in [1.29, 1.82) is 0 Å². The lowest BCUT2D eigenvalue weighted by Crippen LogP contribution is -2.35. The number of thioether (sulfide) groups is 1. The van der Waals surface area contributed by atoms with Gasteiger partial charge < -0.3 is 20.5 Å². The number of carboxylic acids is 1. The van der Waals surface area contributed by atoms with Crippen LogP contribution in [0.15, 0.2) is 29.4 Å². The Labute approximate surface area is 201 Å². The zero-order chi connectivity index (χ0) is 24.7. The molecule has 0 spiro atoms. The van der Waals surface area contributed by atoms with Gasteiger partial charge in [-0.2, -0.15) is 0 Å². The fourth-order valence-electron chi connectivity index (χ4n) is 2.91. The van der Waals surface area contributed by atoms with E-state index in [-0.39, 0.29) is 5.56 Å². The number of hydrogen-bond acceptors (Lipinski definition) is 9. The fraction of sp³-hybridized carbons (Fsp3) is 0.455. The number of nitrogens with one attached hydrogen (secondary N) is 2. The number of carbonyl (C=O) groups is 2. The molecular formula is C22H29N7O4S. The highest BCUT2D eigenvalue weighted by atomic mass is 32.2. The van der Waals surface area contributed by atoms with E-state index in [9.17, 15) is 9.59 Å². The Balaban J connectivity index is 1.76. The van der Waals surface area contributed by atoms with E-state index in [0.29, 0.717) is 41.8 Å². The van der Waals surface area contributed by atoms with Crippen molar-refractivity contribution >= 4 is 40.8 Å². The van der Waals surface area contributed by atoms with E-state index in [1.54, 1.807) is 28.9 Å². The molecule has 1 amide bonds. The van der Waals surface area contributed by atoms with Gasteiger partial charge in [0.15, 0.2) is 22.1 Å². The Morgan fingerprint density at radius 2 is 1.88 bits per heavy atom. The second kappa shape index (κ2) is 11.1. The molecule has 0 unspecified atom stereocenters. The van der Waals surface area contributed by atoms with Gasteiger partial charge >= 0.3 is 12.1 Å². The molecule has 2 heterocycles. The average Bonchev–Trinajstić information content (AvgIpc) is 3.17. The molecule has 1 aromatic carbocycles. The summed E-state index contributed by atoms with van der Waals surface area (Å²) in [7, 11) is 0. The van der Waals surface area contributed by atoms with Crippen molar-refractivity contribution in [2.75, 3.05) is 24.2 Å². The highest BCUT2D eigenvalue weighted by molar-refractivity contribution is 7.99. The number of anilines is 1. The first kappa shape index (κ1) is 25.2. The molecule has 2 aromatic heterocycles. The van der Waals surface area contributed by atoms with Gasteiger partial charge in [0.25, 0.3) is 0 Å². The SMILES string of the molecule is CCCSc1nc(NCCNC(=O)OC(C)(C)C)c2nnn(Cc3ccc(C(=O)O)cc3)c2n1. The first-order valence-corrected chi connectivity index (χ1v) is 11.9. The number of ether oxygens (including phenoxy) is 1. The maximum absolute atomic E-state index is 11.8. The van der Waals surface area contributed by atoms with Crippen molar-refractivity contribution in [2.24, 2.45) is 0 Å². The fourth-order valence-corrected chi connectivity index (χ4v) is 3.60. The molecule has 12 heteroatoms. The normalized spacial score (nSPS) is 11.4. The minimum absolute atomic E-state index is 0.222. The van der Waals surface area contributed by atoms with Crippen LogP contribution in [-0.2, 0) is 11.3 Å². The standard InChI is InChI=1S/C22H29N7O4S/c1-5-12-34-20-25-17(23-10-11-24-21(32)33-22(2,3)4)16-18(26-20)29(28-27-16)13-14-6-8-15(9-7-14)19(30)31/h6-9H,5,10-13H2,1-4H3,(H,24,32)(H,30,31)(H,23,25,26). The number of rotatable bonds is 10. The van der Waals surface area contributed by atoms with Crippen molar-refractivity contribution in [2.45, 2.75) is 51.4 Å². The summed E-state index contributed by atoms with van der Waals surface area (Å²) in [4.78, 5) is 32.1. The van der Waals surface area contributed by atoms with Crippen LogP contribution in [-0.4, -0.2) is 66.6 Å². The number of aromatic nitrogens is 5. The lowest BCUT2D eigenvalue weighted by molar-refractivity contribution is 0.0529. The zero-order valence-corrected chi connectivity index (χ0v) is 20.5. The summed E-state index contributed by atoms with van der Waals surface area (Å²) in [6.07, 6.45) is 0.489. The Morgan fingerprint density at radius 1 is 1.15 bits per heavy atom. The number of alkyl carbamates (subject to hydrolysis) is 1. The Morgan fingerprint density at radius 3 is 2.53 bits per heavy atom. The van der Waals surface area contributed by atoms with E-state index < -0.39 is 17.7 Å². The molecule has 0 saturated carbocycles. The molecule has 0 aliphatic heterocycles. The molecule has 0 fully saturated rings. The molecule has 34 heavy (non-hydrogen) atoms. The number of hydrogen-bond donors (Lipinski definition) is 3. The van der Waals surface area contributed by atoms with E-state index >= 15 is 0 Å². The van der Waals surface area contributed by atoms with Crippen molar-refractivity contribution in [3.8, 4) is 0 Å². The third-order valence-corrected chi connectivity index (χ3v) is 5.45. The van der Waals surface area contributed by atoms with Gasteiger partial charge in [-0.25, -0.2) is 24.2 Å². The third kappa shape index (κ3) is 7.04. The van der Waals surface area contributed by atoms with E-state index in [4.69, 9.17) is 9.84 Å². The van der Waals surface area contributed by atoms with Crippen molar-refractivity contribution in [3.63, 3.8) is 0 Å². The molecule has 0 atom stereocenters. The number of aromatic carboxylic acids is 1. The Hall–Kier alpha value is -3.41. The van der Waals surface area contributed by atoms with Gasteiger partial charge in [0.2, 0.25) is 0 Å². The van der Waals surface area contributed by atoms with Crippen LogP contribution in [0.3, 0.4) is 0 Å². The molecule has 0 radical (unpaired) electrons. The maximum Gasteiger partial charge on any atom is 0.407 e. The van der Waals surface area contributed by atoms with Crippen molar-refractivity contribution in [3.05, 3.63) is 35.4 Å². The predicted octanol–water partition coefficient (Wildman–Crippen LogP) is 3.41. The summed E-state index contributed by atoms with van der Waals surface area (Å²) in [6.45, 7) is 8.63. The average molecular weight is 488 g/mol. The number of amides is 1. The summed E-state index contributed by atoms with van der Waals surface area (Å²) >= 11 is 1.54. The van der Waals surface area contributed by atoms with Gasteiger partial charge in [0, 0.05) is 18.8 Å². The lowest BCUT2D eigenvalue weighted by Gasteiger charge is -2.19. The first-order valence-electron chi connectivity index (χ1n) is 10.9. The van der Waals surface area contributed by atoms with Crippen LogP contribution in [0, 0.1) is 0 Å². The predicted molar refractivity (Wildman–Crippen MR) is 129 cm³/mol. The highest BCUT2D eigenvalue weighted by Crippen LogP contribution is 2.23. The summed E-state index contributed by atoms with van der Waals surface area (Å²) in [6, 6.07) is 6.59. The summed E-state index contributed by atoms with van der Waals surface area (Å²) in [5.41, 5.74) is 1.61. The highest BCUT2D eigenvalue weighted by Gasteiger charge is 2.17. The van der Waals surface area contributed by atoms with Crippen molar-refractivity contribution in [1.82, 2.24) is 30.3 Å². The second-order valence-electron chi connectivity index (χ2n) is 8.48. The molecule has 0 aliphatic rings. The Bertz CT molecular complexity index is 1140. The Kier molecular flexibility index (Phi) is 8.26. The number of benzene rings is 1. The van der Waals surface area contributed by atoms with Crippen LogP contribution in [0.25, 0.3) is 11.2 Å². The topological polar surface area (TPSA) is 144 Å². The van der Waals surface area contributed by atoms with E-state index in [1.165, 1.54) is 11.8 Å². The summed E-state index contributed by atoms with van der Waals surface area (Å²) in [5, 5.41) is 24.1. The molecule has 0 bridgehead atoms. The number of carboxylic acid groups (broad SMARTS) is 1. The number of carbonyl (C=O) groups excluding carboxylic acids is 1. The first-order chi connectivity index (χ1) is 16.2.